The smallest absolute Gasteiger partial charge is 0.249 e. The van der Waals surface area contributed by atoms with Crippen LogP contribution in [0.2, 0.25) is 0 Å². The molecule has 0 N–H and O–H groups in total. The number of benzene rings is 2. The van der Waals surface area contributed by atoms with Crippen molar-refractivity contribution in [1.82, 2.24) is 15.0 Å². The van der Waals surface area contributed by atoms with E-state index in [2.05, 4.69) is 64.2 Å². The van der Waals surface area contributed by atoms with Crippen molar-refractivity contribution in [2.24, 2.45) is 0 Å². The summed E-state index contributed by atoms with van der Waals surface area (Å²) in [6, 6.07) is 16.0. The highest BCUT2D eigenvalue weighted by atomic mass is 79.9. The van der Waals surface area contributed by atoms with Crippen LogP contribution >= 0.6 is 15.9 Å². The van der Waals surface area contributed by atoms with Gasteiger partial charge < -0.3 is 9.42 Å². The molecule has 2 heterocycles. The van der Waals surface area contributed by atoms with Gasteiger partial charge in [-0.2, -0.15) is 4.98 Å². The highest BCUT2D eigenvalue weighted by Gasteiger charge is 2.36. The third kappa shape index (κ3) is 3.87. The van der Waals surface area contributed by atoms with Gasteiger partial charge in [0.1, 0.15) is 6.04 Å². The first-order chi connectivity index (χ1) is 13.5. The molecule has 6 heteroatoms. The van der Waals surface area contributed by atoms with Gasteiger partial charge in [0.15, 0.2) is 0 Å². The van der Waals surface area contributed by atoms with Crippen molar-refractivity contribution in [2.75, 3.05) is 0 Å². The average molecular weight is 440 g/mol. The van der Waals surface area contributed by atoms with Gasteiger partial charge in [0.25, 0.3) is 0 Å². The molecule has 28 heavy (non-hydrogen) atoms. The van der Waals surface area contributed by atoms with Crippen LogP contribution in [-0.2, 0) is 11.3 Å². The Hall–Kier alpha value is -2.47. The van der Waals surface area contributed by atoms with Crippen LogP contribution in [-0.4, -0.2) is 20.9 Å². The molecular formula is C22H22BrN3O2. The standard InChI is InChI=1S/C22H22BrN3O2/c1-14(2)16-8-6-15(7-9-16)13-26-19(10-11-20(26)27)22-24-21(25-28-22)17-4-3-5-18(23)12-17/h3-9,12,14,19H,10-11,13H2,1-2H3. The van der Waals surface area contributed by atoms with E-state index in [1.165, 1.54) is 5.56 Å². The van der Waals surface area contributed by atoms with Crippen LogP contribution in [0.15, 0.2) is 57.5 Å². The Morgan fingerprint density at radius 2 is 2.00 bits per heavy atom. The minimum absolute atomic E-state index is 0.125. The minimum Gasteiger partial charge on any atom is -0.337 e. The fraction of sp³-hybridized carbons (Fsp3) is 0.318. The third-order valence-electron chi connectivity index (χ3n) is 5.14. The summed E-state index contributed by atoms with van der Waals surface area (Å²) >= 11 is 3.46. The van der Waals surface area contributed by atoms with Gasteiger partial charge in [0.2, 0.25) is 17.6 Å². The zero-order valence-corrected chi connectivity index (χ0v) is 17.5. The van der Waals surface area contributed by atoms with Gasteiger partial charge in [-0.1, -0.05) is 71.3 Å². The van der Waals surface area contributed by atoms with Crippen molar-refractivity contribution in [1.29, 1.82) is 0 Å². The Bertz CT molecular complexity index is 981. The average Bonchev–Trinajstić information content (AvgIpc) is 3.30. The predicted octanol–water partition coefficient (Wildman–Crippen LogP) is 5.49. The fourth-order valence-electron chi connectivity index (χ4n) is 3.51. The molecule has 0 aliphatic carbocycles. The van der Waals surface area contributed by atoms with Crippen LogP contribution in [0.3, 0.4) is 0 Å². The van der Waals surface area contributed by atoms with Crippen LogP contribution in [0.1, 0.15) is 55.7 Å². The maximum atomic E-state index is 12.5. The van der Waals surface area contributed by atoms with E-state index in [0.717, 1.165) is 15.6 Å². The summed E-state index contributed by atoms with van der Waals surface area (Å²) in [4.78, 5) is 18.9. The van der Waals surface area contributed by atoms with Gasteiger partial charge in [-0.3, -0.25) is 4.79 Å². The monoisotopic (exact) mass is 439 g/mol. The first-order valence-electron chi connectivity index (χ1n) is 9.49. The number of rotatable bonds is 5. The molecule has 5 nitrogen and oxygen atoms in total. The number of aromatic nitrogens is 2. The van der Waals surface area contributed by atoms with Crippen molar-refractivity contribution in [3.8, 4) is 11.4 Å². The van der Waals surface area contributed by atoms with Crippen LogP contribution in [0, 0.1) is 0 Å². The summed E-state index contributed by atoms with van der Waals surface area (Å²) in [5.74, 6) is 1.65. The van der Waals surface area contributed by atoms with Gasteiger partial charge >= 0.3 is 0 Å². The normalized spacial score (nSPS) is 16.9. The van der Waals surface area contributed by atoms with Crippen LogP contribution in [0.5, 0.6) is 0 Å². The molecule has 1 aliphatic rings. The molecule has 3 aromatic rings. The molecule has 0 radical (unpaired) electrons. The first kappa shape index (κ1) is 18.9. The van der Waals surface area contributed by atoms with Gasteiger partial charge in [-0.15, -0.1) is 0 Å². The zero-order chi connectivity index (χ0) is 19.7. The SMILES string of the molecule is CC(C)c1ccc(CN2C(=O)CCC2c2nc(-c3cccc(Br)c3)no2)cc1. The second-order valence-electron chi connectivity index (χ2n) is 7.44. The number of likely N-dealkylation sites (tertiary alicyclic amines) is 1. The van der Waals surface area contributed by atoms with E-state index in [-0.39, 0.29) is 11.9 Å². The lowest BCUT2D eigenvalue weighted by molar-refractivity contribution is -0.129. The van der Waals surface area contributed by atoms with E-state index in [4.69, 9.17) is 4.52 Å². The molecular weight excluding hydrogens is 418 g/mol. The largest absolute Gasteiger partial charge is 0.337 e. The molecule has 1 fully saturated rings. The molecule has 0 spiro atoms. The Labute approximate surface area is 172 Å². The highest BCUT2D eigenvalue weighted by Crippen LogP contribution is 2.34. The maximum absolute atomic E-state index is 12.5. The number of hydrogen-bond donors (Lipinski definition) is 0. The molecule has 1 amide bonds. The topological polar surface area (TPSA) is 59.2 Å². The molecule has 4 rings (SSSR count). The number of hydrogen-bond acceptors (Lipinski definition) is 4. The molecule has 1 saturated heterocycles. The molecule has 0 bridgehead atoms. The Balaban J connectivity index is 1.55. The maximum Gasteiger partial charge on any atom is 0.249 e. The Morgan fingerprint density at radius 1 is 1.21 bits per heavy atom. The molecule has 1 unspecified atom stereocenters. The zero-order valence-electron chi connectivity index (χ0n) is 15.9. The fourth-order valence-corrected chi connectivity index (χ4v) is 3.91. The van der Waals surface area contributed by atoms with E-state index >= 15 is 0 Å². The number of carbonyl (C=O) groups excluding carboxylic acids is 1. The Kier molecular flexibility index (Phi) is 5.31. The summed E-state index contributed by atoms with van der Waals surface area (Å²) in [6.45, 7) is 4.90. The molecule has 144 valence electrons. The summed E-state index contributed by atoms with van der Waals surface area (Å²) in [5.41, 5.74) is 3.28. The second kappa shape index (κ2) is 7.87. The van der Waals surface area contributed by atoms with Crippen LogP contribution in [0.4, 0.5) is 0 Å². The highest BCUT2D eigenvalue weighted by molar-refractivity contribution is 9.10. The van der Waals surface area contributed by atoms with Crippen molar-refractivity contribution in [3.63, 3.8) is 0 Å². The lowest BCUT2D eigenvalue weighted by Crippen LogP contribution is -2.27. The summed E-state index contributed by atoms with van der Waals surface area (Å²) in [6.07, 6.45) is 1.20. The number of carbonyl (C=O) groups is 1. The van der Waals surface area contributed by atoms with E-state index < -0.39 is 0 Å². The minimum atomic E-state index is -0.175. The second-order valence-corrected chi connectivity index (χ2v) is 8.35. The predicted molar refractivity (Wildman–Crippen MR) is 110 cm³/mol. The number of nitrogens with zero attached hydrogens (tertiary/aromatic N) is 3. The molecule has 1 aromatic heterocycles. The van der Waals surface area contributed by atoms with Gasteiger partial charge in [-0.05, 0) is 35.6 Å². The van der Waals surface area contributed by atoms with Crippen LogP contribution in [0.25, 0.3) is 11.4 Å². The number of amides is 1. The van der Waals surface area contributed by atoms with E-state index in [0.29, 0.717) is 37.0 Å². The quantitative estimate of drug-likeness (QED) is 0.527. The molecule has 1 aliphatic heterocycles. The first-order valence-corrected chi connectivity index (χ1v) is 10.3. The lowest BCUT2D eigenvalue weighted by atomic mass is 10.0. The summed E-state index contributed by atoms with van der Waals surface area (Å²) in [5, 5.41) is 4.12. The van der Waals surface area contributed by atoms with Gasteiger partial charge in [-0.25, -0.2) is 0 Å². The summed E-state index contributed by atoms with van der Waals surface area (Å²) in [7, 11) is 0. The van der Waals surface area contributed by atoms with Crippen LogP contribution < -0.4 is 0 Å². The molecule has 0 saturated carbocycles. The van der Waals surface area contributed by atoms with E-state index in [1.54, 1.807) is 0 Å². The van der Waals surface area contributed by atoms with Crippen molar-refractivity contribution in [2.45, 2.75) is 45.2 Å². The molecule has 1 atom stereocenters. The Morgan fingerprint density at radius 3 is 2.71 bits per heavy atom. The van der Waals surface area contributed by atoms with E-state index in [1.807, 2.05) is 29.2 Å². The van der Waals surface area contributed by atoms with E-state index in [9.17, 15) is 4.79 Å². The third-order valence-corrected chi connectivity index (χ3v) is 5.63. The number of halogens is 1. The van der Waals surface area contributed by atoms with Gasteiger partial charge in [0, 0.05) is 23.0 Å². The summed E-state index contributed by atoms with van der Waals surface area (Å²) < 4.78 is 6.50. The van der Waals surface area contributed by atoms with Crippen molar-refractivity contribution < 1.29 is 9.32 Å². The van der Waals surface area contributed by atoms with Crippen molar-refractivity contribution >= 4 is 21.8 Å². The lowest BCUT2D eigenvalue weighted by Gasteiger charge is -2.22. The van der Waals surface area contributed by atoms with Gasteiger partial charge in [0.05, 0.1) is 0 Å². The molecule has 2 aromatic carbocycles. The van der Waals surface area contributed by atoms with Crippen molar-refractivity contribution in [3.05, 3.63) is 70.0 Å².